The first-order chi connectivity index (χ1) is 16.7. The van der Waals surface area contributed by atoms with Crippen LogP contribution in [-0.2, 0) is 13.1 Å². The average Bonchev–Trinajstić information content (AvgIpc) is 2.80. The summed E-state index contributed by atoms with van der Waals surface area (Å²) in [6.45, 7) is 0.251. The molecule has 1 heterocycles. The molecule has 3 aromatic carbocycles. The molecule has 1 aromatic heterocycles. The van der Waals surface area contributed by atoms with Crippen molar-refractivity contribution in [2.45, 2.75) is 19.5 Å². The molecule has 2 N–H and O–H groups in total. The summed E-state index contributed by atoms with van der Waals surface area (Å²) in [5.41, 5.74) is 7.52. The van der Waals surface area contributed by atoms with Crippen LogP contribution in [0.5, 0.6) is 5.75 Å². The summed E-state index contributed by atoms with van der Waals surface area (Å²) in [5.74, 6) is -1.36. The van der Waals surface area contributed by atoms with Gasteiger partial charge in [-0.1, -0.05) is 48.5 Å². The van der Waals surface area contributed by atoms with Crippen molar-refractivity contribution in [1.29, 1.82) is 0 Å². The molecule has 0 aliphatic carbocycles. The number of nitrogens with two attached hydrogens (primary N) is 1. The number of pyridine rings is 1. The van der Waals surface area contributed by atoms with Gasteiger partial charge in [0.05, 0.1) is 17.6 Å². The van der Waals surface area contributed by atoms with Crippen molar-refractivity contribution in [1.82, 2.24) is 4.57 Å². The van der Waals surface area contributed by atoms with Crippen LogP contribution in [0.25, 0.3) is 11.1 Å². The molecule has 0 aliphatic rings. The highest BCUT2D eigenvalue weighted by Crippen LogP contribution is 2.34. The van der Waals surface area contributed by atoms with Gasteiger partial charge in [-0.3, -0.25) is 4.99 Å². The molecule has 0 radical (unpaired) electrons. The van der Waals surface area contributed by atoms with Gasteiger partial charge in [0.1, 0.15) is 17.4 Å². The number of alkyl halides is 3. The molecule has 4 aromatic rings. The highest BCUT2D eigenvalue weighted by atomic mass is 19.4. The van der Waals surface area contributed by atoms with Crippen LogP contribution >= 0.6 is 0 Å². The number of aromatic nitrogens is 1. The van der Waals surface area contributed by atoms with E-state index in [0.29, 0.717) is 22.2 Å². The van der Waals surface area contributed by atoms with E-state index in [1.54, 1.807) is 47.3 Å². The van der Waals surface area contributed by atoms with Gasteiger partial charge in [0.15, 0.2) is 0 Å². The van der Waals surface area contributed by atoms with Crippen LogP contribution in [0, 0.1) is 11.6 Å². The minimum atomic E-state index is -4.86. The second kappa shape index (κ2) is 10.0. The molecule has 0 saturated carbocycles. The summed E-state index contributed by atoms with van der Waals surface area (Å²) in [5, 5.41) is 0.474. The van der Waals surface area contributed by atoms with Gasteiger partial charge in [0.2, 0.25) is 0 Å². The van der Waals surface area contributed by atoms with Gasteiger partial charge in [0.25, 0.3) is 0 Å². The Morgan fingerprint density at radius 3 is 2.31 bits per heavy atom. The highest BCUT2D eigenvalue weighted by molar-refractivity contribution is 5.70. The predicted molar refractivity (Wildman–Crippen MR) is 122 cm³/mol. The summed E-state index contributed by atoms with van der Waals surface area (Å²) in [6.07, 6.45) is -1.62. The first-order valence-corrected chi connectivity index (χ1v) is 10.5. The lowest BCUT2D eigenvalue weighted by molar-refractivity contribution is -0.274. The van der Waals surface area contributed by atoms with Gasteiger partial charge >= 0.3 is 6.36 Å². The fourth-order valence-electron chi connectivity index (χ4n) is 3.55. The largest absolute Gasteiger partial charge is 0.573 e. The van der Waals surface area contributed by atoms with Crippen LogP contribution in [0.15, 0.2) is 90.2 Å². The second-order valence-electron chi connectivity index (χ2n) is 7.72. The molecule has 9 heteroatoms. The number of nitrogens with zero attached hydrogens (tertiary/aromatic N) is 2. The fourth-order valence-corrected chi connectivity index (χ4v) is 3.55. The molecule has 4 rings (SSSR count). The number of rotatable bonds is 6. The number of halogens is 5. The van der Waals surface area contributed by atoms with E-state index in [0.717, 1.165) is 6.07 Å². The minimum Gasteiger partial charge on any atom is -0.405 e. The maximum absolute atomic E-state index is 14.9. The monoisotopic (exact) mass is 485 g/mol. The Morgan fingerprint density at radius 2 is 1.60 bits per heavy atom. The Kier molecular flexibility index (Phi) is 6.86. The van der Waals surface area contributed by atoms with Crippen LogP contribution in [0.2, 0.25) is 0 Å². The van der Waals surface area contributed by atoms with E-state index in [1.807, 2.05) is 0 Å². The number of hydrogen-bond acceptors (Lipinski definition) is 3. The van der Waals surface area contributed by atoms with Crippen molar-refractivity contribution in [2.75, 3.05) is 5.73 Å². The molecule has 0 unspecified atom stereocenters. The van der Waals surface area contributed by atoms with E-state index in [-0.39, 0.29) is 30.0 Å². The molecular weight excluding hydrogens is 465 g/mol. The lowest BCUT2D eigenvalue weighted by Crippen LogP contribution is -2.17. The third kappa shape index (κ3) is 6.06. The summed E-state index contributed by atoms with van der Waals surface area (Å²) < 4.78 is 72.5. The van der Waals surface area contributed by atoms with E-state index in [1.165, 1.54) is 36.4 Å². The van der Waals surface area contributed by atoms with Crippen LogP contribution in [-0.4, -0.2) is 10.9 Å². The van der Waals surface area contributed by atoms with Gasteiger partial charge < -0.3 is 15.0 Å². The maximum atomic E-state index is 14.9. The number of para-hydroxylation sites is 1. The Labute approximate surface area is 197 Å². The van der Waals surface area contributed by atoms with Crippen molar-refractivity contribution in [3.8, 4) is 16.9 Å². The molecule has 0 atom stereocenters. The molecule has 4 nitrogen and oxygen atoms in total. The molecule has 0 saturated heterocycles. The third-order valence-electron chi connectivity index (χ3n) is 5.23. The first kappa shape index (κ1) is 24.0. The molecule has 0 bridgehead atoms. The molecule has 0 fully saturated rings. The smallest absolute Gasteiger partial charge is 0.405 e. The zero-order valence-electron chi connectivity index (χ0n) is 18.3. The Morgan fingerprint density at radius 1 is 0.857 bits per heavy atom. The zero-order valence-corrected chi connectivity index (χ0v) is 18.3. The molecule has 0 spiro atoms. The Hall–Kier alpha value is -4.14. The number of ether oxygens (including phenoxy) is 1. The molecular formula is C26H20F5N3O. The van der Waals surface area contributed by atoms with E-state index < -0.39 is 17.9 Å². The van der Waals surface area contributed by atoms with Crippen molar-refractivity contribution < 1.29 is 26.7 Å². The van der Waals surface area contributed by atoms with E-state index >= 15 is 0 Å². The van der Waals surface area contributed by atoms with Crippen molar-refractivity contribution in [3.05, 3.63) is 113 Å². The minimum absolute atomic E-state index is 0.119. The third-order valence-corrected chi connectivity index (χ3v) is 5.23. The topological polar surface area (TPSA) is 52.5 Å². The predicted octanol–water partition coefficient (Wildman–Crippen LogP) is 6.06. The molecule has 0 amide bonds. The summed E-state index contributed by atoms with van der Waals surface area (Å²) in [7, 11) is 0. The van der Waals surface area contributed by atoms with Gasteiger partial charge in [-0.15, -0.1) is 13.2 Å². The van der Waals surface area contributed by atoms with Crippen LogP contribution in [0.3, 0.4) is 0 Å². The van der Waals surface area contributed by atoms with E-state index in [9.17, 15) is 22.0 Å². The zero-order chi connectivity index (χ0) is 25.0. The van der Waals surface area contributed by atoms with E-state index in [4.69, 9.17) is 5.73 Å². The van der Waals surface area contributed by atoms with E-state index in [2.05, 4.69) is 9.73 Å². The average molecular weight is 485 g/mol. The SMILES string of the molecule is Nc1cn(Cc2ccc(-c3ccccc3OC(F)(F)F)cc2F)ccc1=NCc1ccccc1F. The first-order valence-electron chi connectivity index (χ1n) is 10.5. The van der Waals surface area contributed by atoms with Gasteiger partial charge in [-0.05, 0) is 29.8 Å². The van der Waals surface area contributed by atoms with Crippen molar-refractivity contribution in [2.24, 2.45) is 4.99 Å². The molecule has 180 valence electrons. The van der Waals surface area contributed by atoms with Crippen LogP contribution < -0.4 is 15.8 Å². The lowest BCUT2D eigenvalue weighted by Gasteiger charge is -2.14. The van der Waals surface area contributed by atoms with Crippen molar-refractivity contribution >= 4 is 5.69 Å². The van der Waals surface area contributed by atoms with Gasteiger partial charge in [-0.2, -0.15) is 0 Å². The maximum Gasteiger partial charge on any atom is 0.573 e. The summed E-state index contributed by atoms with van der Waals surface area (Å²) >= 11 is 0. The molecule has 0 aliphatic heterocycles. The quantitative estimate of drug-likeness (QED) is 0.338. The van der Waals surface area contributed by atoms with Gasteiger partial charge in [-0.25, -0.2) is 8.78 Å². The van der Waals surface area contributed by atoms with Crippen LogP contribution in [0.4, 0.5) is 27.6 Å². The lowest BCUT2D eigenvalue weighted by atomic mass is 10.0. The number of benzene rings is 3. The number of nitrogen functional groups attached to an aromatic ring is 1. The standard InChI is InChI=1S/C26H20F5N3O/c27-21-7-3-1-5-18(21)14-33-24-11-12-34(16-23(24)32)15-19-10-9-17(13-22(19)28)20-6-2-4-8-25(20)35-26(29,30)31/h1-13,16H,14-15,32H2. The van der Waals surface area contributed by atoms with Crippen molar-refractivity contribution in [3.63, 3.8) is 0 Å². The number of anilines is 1. The normalized spacial score (nSPS) is 12.1. The van der Waals surface area contributed by atoms with Gasteiger partial charge in [0, 0.05) is 35.6 Å². The van der Waals surface area contributed by atoms with Crippen LogP contribution in [0.1, 0.15) is 11.1 Å². The highest BCUT2D eigenvalue weighted by Gasteiger charge is 2.32. The fraction of sp³-hybridized carbons (Fsp3) is 0.115. The Balaban J connectivity index is 1.54. The summed E-state index contributed by atoms with van der Waals surface area (Å²) in [6, 6.07) is 17.7. The molecule has 35 heavy (non-hydrogen) atoms. The second-order valence-corrected chi connectivity index (χ2v) is 7.72. The Bertz CT molecular complexity index is 1410. The summed E-state index contributed by atoms with van der Waals surface area (Å²) in [4.78, 5) is 4.34. The number of hydrogen-bond donors (Lipinski definition) is 1.